The SMILES string of the molecule is COCC(Cc1ccc(O)cc1)NC(=O)c1cc(NS(=O)(=O)C(C)(C)C)c2cc(-c3cccc(COc4ccccn4)c3)ccc2n1. The summed E-state index contributed by atoms with van der Waals surface area (Å²) in [6.45, 7) is 5.38. The number of nitrogens with one attached hydrogen (secondary N) is 2. The third-order valence-electron chi connectivity index (χ3n) is 7.50. The molecule has 1 atom stereocenters. The van der Waals surface area contributed by atoms with Crippen LogP contribution in [0.2, 0.25) is 0 Å². The highest BCUT2D eigenvalue weighted by Crippen LogP contribution is 2.32. The number of sulfonamides is 1. The zero-order valence-corrected chi connectivity index (χ0v) is 27.5. The van der Waals surface area contributed by atoms with E-state index in [-0.39, 0.29) is 23.7 Å². The Kier molecular flexibility index (Phi) is 10.1. The number of aromatic nitrogens is 2. The fourth-order valence-corrected chi connectivity index (χ4v) is 5.63. The first-order valence-corrected chi connectivity index (χ1v) is 16.6. The number of hydrogen-bond donors (Lipinski definition) is 3. The molecule has 2 heterocycles. The molecule has 5 aromatic rings. The molecular formula is C36H38N4O6S. The second-order valence-electron chi connectivity index (χ2n) is 12.2. The van der Waals surface area contributed by atoms with Gasteiger partial charge < -0.3 is 19.9 Å². The average molecular weight is 655 g/mol. The molecule has 0 saturated carbocycles. The lowest BCUT2D eigenvalue weighted by molar-refractivity contribution is 0.0892. The van der Waals surface area contributed by atoms with Crippen molar-refractivity contribution in [1.29, 1.82) is 0 Å². The molecule has 3 aromatic carbocycles. The average Bonchev–Trinajstić information content (AvgIpc) is 3.04. The lowest BCUT2D eigenvalue weighted by atomic mass is 10.0. The maximum absolute atomic E-state index is 13.6. The van der Waals surface area contributed by atoms with E-state index in [1.807, 2.05) is 48.5 Å². The first-order chi connectivity index (χ1) is 22.4. The number of methoxy groups -OCH3 is 1. The van der Waals surface area contributed by atoms with E-state index in [1.165, 1.54) is 6.07 Å². The van der Waals surface area contributed by atoms with Crippen molar-refractivity contribution in [3.05, 3.63) is 114 Å². The van der Waals surface area contributed by atoms with Gasteiger partial charge in [-0.05, 0) is 91.9 Å². The van der Waals surface area contributed by atoms with Crippen molar-refractivity contribution in [3.63, 3.8) is 0 Å². The van der Waals surface area contributed by atoms with Crippen molar-refractivity contribution in [1.82, 2.24) is 15.3 Å². The summed E-state index contributed by atoms with van der Waals surface area (Å²) >= 11 is 0. The molecule has 0 aliphatic rings. The van der Waals surface area contributed by atoms with Crippen LogP contribution in [0.25, 0.3) is 22.0 Å². The Morgan fingerprint density at radius 1 is 0.915 bits per heavy atom. The maximum Gasteiger partial charge on any atom is 0.270 e. The minimum Gasteiger partial charge on any atom is -0.508 e. The van der Waals surface area contributed by atoms with Crippen LogP contribution >= 0.6 is 0 Å². The van der Waals surface area contributed by atoms with Gasteiger partial charge in [0.2, 0.25) is 15.9 Å². The Labute approximate surface area is 274 Å². The maximum atomic E-state index is 13.6. The van der Waals surface area contributed by atoms with Crippen molar-refractivity contribution in [2.75, 3.05) is 18.4 Å². The molecule has 11 heteroatoms. The number of hydrogen-bond acceptors (Lipinski definition) is 8. The number of carbonyl (C=O) groups is 1. The summed E-state index contributed by atoms with van der Waals surface area (Å²) in [6, 6.07) is 26.6. The van der Waals surface area contributed by atoms with Crippen LogP contribution in [-0.4, -0.2) is 53.9 Å². The second kappa shape index (κ2) is 14.2. The Hall–Kier alpha value is -5.00. The van der Waals surface area contributed by atoms with Crippen LogP contribution in [0.1, 0.15) is 42.4 Å². The highest BCUT2D eigenvalue weighted by Gasteiger charge is 2.30. The summed E-state index contributed by atoms with van der Waals surface area (Å²) in [5, 5.41) is 13.1. The molecule has 0 aliphatic carbocycles. The smallest absolute Gasteiger partial charge is 0.270 e. The summed E-state index contributed by atoms with van der Waals surface area (Å²) in [5.74, 6) is 0.199. The zero-order valence-electron chi connectivity index (χ0n) is 26.7. The van der Waals surface area contributed by atoms with Crippen molar-refractivity contribution in [2.45, 2.75) is 44.6 Å². The molecule has 244 valence electrons. The molecule has 10 nitrogen and oxygen atoms in total. The largest absolute Gasteiger partial charge is 0.508 e. The van der Waals surface area contributed by atoms with E-state index < -0.39 is 26.7 Å². The molecule has 0 aliphatic heterocycles. The van der Waals surface area contributed by atoms with Gasteiger partial charge in [-0.1, -0.05) is 42.5 Å². The number of fused-ring (bicyclic) bond motifs is 1. The third kappa shape index (κ3) is 8.43. The highest BCUT2D eigenvalue weighted by atomic mass is 32.2. The number of nitrogens with zero attached hydrogens (tertiary/aromatic N) is 2. The molecule has 47 heavy (non-hydrogen) atoms. The monoisotopic (exact) mass is 654 g/mol. The van der Waals surface area contributed by atoms with Crippen molar-refractivity contribution in [3.8, 4) is 22.8 Å². The molecule has 1 unspecified atom stereocenters. The van der Waals surface area contributed by atoms with Gasteiger partial charge in [0.15, 0.2) is 0 Å². The minimum atomic E-state index is -3.85. The van der Waals surface area contributed by atoms with Crippen LogP contribution in [0.15, 0.2) is 97.2 Å². The van der Waals surface area contributed by atoms with Crippen LogP contribution in [0.5, 0.6) is 11.6 Å². The van der Waals surface area contributed by atoms with Gasteiger partial charge >= 0.3 is 0 Å². The summed E-state index contributed by atoms with van der Waals surface area (Å²) in [5.41, 5.74) is 4.31. The normalized spacial score (nSPS) is 12.4. The highest BCUT2D eigenvalue weighted by molar-refractivity contribution is 7.94. The van der Waals surface area contributed by atoms with E-state index in [0.717, 1.165) is 22.3 Å². The predicted molar refractivity (Wildman–Crippen MR) is 183 cm³/mol. The standard InChI is InChI=1S/C36H38N4O6S/c1-36(2,3)47(43,44)40-32-21-33(35(42)38-28(23-45-4)19-24-11-14-29(41)15-12-24)39-31-16-13-27(20-30(31)32)26-9-7-8-25(18-26)22-46-34-10-5-6-17-37-34/h5-18,20-21,28,41H,19,22-23H2,1-4H3,(H,38,42)(H,39,40). The molecule has 0 saturated heterocycles. The van der Waals surface area contributed by atoms with Gasteiger partial charge in [0.1, 0.15) is 18.1 Å². The van der Waals surface area contributed by atoms with Gasteiger partial charge in [0.05, 0.1) is 28.6 Å². The summed E-state index contributed by atoms with van der Waals surface area (Å²) in [6.07, 6.45) is 2.12. The molecule has 0 fully saturated rings. The number of carbonyl (C=O) groups excluding carboxylic acids is 1. The van der Waals surface area contributed by atoms with E-state index in [9.17, 15) is 18.3 Å². The number of phenolic OH excluding ortho intramolecular Hbond substituents is 1. The van der Waals surface area contributed by atoms with E-state index >= 15 is 0 Å². The van der Waals surface area contributed by atoms with Gasteiger partial charge in [0, 0.05) is 24.8 Å². The van der Waals surface area contributed by atoms with E-state index in [4.69, 9.17) is 9.47 Å². The number of aromatic hydroxyl groups is 1. The molecule has 5 rings (SSSR count). The van der Waals surface area contributed by atoms with Crippen LogP contribution in [0.4, 0.5) is 5.69 Å². The Bertz CT molecular complexity index is 1960. The van der Waals surface area contributed by atoms with Gasteiger partial charge in [-0.25, -0.2) is 18.4 Å². The Morgan fingerprint density at radius 3 is 2.38 bits per heavy atom. The molecular weight excluding hydrogens is 616 g/mol. The number of anilines is 1. The number of amides is 1. The van der Waals surface area contributed by atoms with Gasteiger partial charge in [0.25, 0.3) is 5.91 Å². The first kappa shape index (κ1) is 33.4. The molecule has 2 aromatic heterocycles. The van der Waals surface area contributed by atoms with Gasteiger partial charge in [-0.15, -0.1) is 0 Å². The third-order valence-corrected chi connectivity index (χ3v) is 9.60. The summed E-state index contributed by atoms with van der Waals surface area (Å²) in [4.78, 5) is 22.4. The predicted octanol–water partition coefficient (Wildman–Crippen LogP) is 6.11. The lowest BCUT2D eigenvalue weighted by Crippen LogP contribution is -2.40. The molecule has 0 bridgehead atoms. The lowest BCUT2D eigenvalue weighted by Gasteiger charge is -2.22. The number of pyridine rings is 2. The van der Waals surface area contributed by atoms with Crippen LogP contribution in [0, 0.1) is 0 Å². The van der Waals surface area contributed by atoms with Crippen LogP contribution in [-0.2, 0) is 27.8 Å². The van der Waals surface area contributed by atoms with E-state index in [0.29, 0.717) is 29.8 Å². The zero-order chi connectivity index (χ0) is 33.6. The van der Waals surface area contributed by atoms with Crippen LogP contribution < -0.4 is 14.8 Å². The topological polar surface area (TPSA) is 140 Å². The van der Waals surface area contributed by atoms with E-state index in [2.05, 4.69) is 20.0 Å². The quantitative estimate of drug-likeness (QED) is 0.147. The second-order valence-corrected chi connectivity index (χ2v) is 14.6. The summed E-state index contributed by atoms with van der Waals surface area (Å²) in [7, 11) is -2.30. The van der Waals surface area contributed by atoms with Crippen LogP contribution in [0.3, 0.4) is 0 Å². The van der Waals surface area contributed by atoms with Crippen molar-refractivity contribution < 1.29 is 27.8 Å². The number of rotatable bonds is 12. The molecule has 1 amide bonds. The van der Waals surface area contributed by atoms with Gasteiger partial charge in [-0.2, -0.15) is 0 Å². The Morgan fingerprint density at radius 2 is 1.68 bits per heavy atom. The van der Waals surface area contributed by atoms with Crippen molar-refractivity contribution in [2.24, 2.45) is 0 Å². The number of phenols is 1. The number of benzene rings is 3. The molecule has 3 N–H and O–H groups in total. The molecule has 0 radical (unpaired) electrons. The fourth-order valence-electron chi connectivity index (χ4n) is 4.86. The first-order valence-electron chi connectivity index (χ1n) is 15.1. The van der Waals surface area contributed by atoms with Gasteiger partial charge in [-0.3, -0.25) is 9.52 Å². The Balaban J connectivity index is 1.48. The van der Waals surface area contributed by atoms with Crippen molar-refractivity contribution >= 4 is 32.5 Å². The minimum absolute atomic E-state index is 0.0531. The summed E-state index contributed by atoms with van der Waals surface area (Å²) < 4.78 is 39.5. The molecule has 0 spiro atoms. The fraction of sp³-hybridized carbons (Fsp3) is 0.250. The number of ether oxygens (including phenoxy) is 2. The van der Waals surface area contributed by atoms with E-state index in [1.54, 1.807) is 70.5 Å².